The first-order chi connectivity index (χ1) is 7.36. The summed E-state index contributed by atoms with van der Waals surface area (Å²) in [6, 6.07) is 5.00. The van der Waals surface area contributed by atoms with Gasteiger partial charge in [0.25, 0.3) is 0 Å². The Bertz CT molecular complexity index is 474. The summed E-state index contributed by atoms with van der Waals surface area (Å²) in [7, 11) is 0.982. The zero-order valence-corrected chi connectivity index (χ0v) is 11.6. The largest absolute Gasteiger partial charge is 0.497 e. The fraction of sp³-hybridized carbons (Fsp3) is 0.333. The molecule has 0 aliphatic heterocycles. The Labute approximate surface area is 104 Å². The van der Waals surface area contributed by atoms with Crippen LogP contribution in [0.5, 0.6) is 5.75 Å². The summed E-state index contributed by atoms with van der Waals surface area (Å²) in [6.45, 7) is 0. The van der Waals surface area contributed by atoms with Gasteiger partial charge in [0.2, 0.25) is 0 Å². The van der Waals surface area contributed by atoms with E-state index in [-0.39, 0.29) is 0 Å². The van der Waals surface area contributed by atoms with Gasteiger partial charge in [-0.25, -0.2) is 0 Å². The Morgan fingerprint density at radius 1 is 1.38 bits per heavy atom. The fourth-order valence-corrected chi connectivity index (χ4v) is 2.16. The maximum absolute atomic E-state index is 11.6. The molecular formula is C9H13BrN2O3S. The van der Waals surface area contributed by atoms with E-state index in [1.807, 2.05) is 0 Å². The quantitative estimate of drug-likeness (QED) is 0.920. The molecule has 5 nitrogen and oxygen atoms in total. The highest BCUT2D eigenvalue weighted by molar-refractivity contribution is 9.10. The number of nitrogens with zero attached hydrogens (tertiary/aromatic N) is 1. The summed E-state index contributed by atoms with van der Waals surface area (Å²) in [5.41, 5.74) is 0.467. The molecule has 0 amide bonds. The third kappa shape index (κ3) is 3.10. The molecule has 1 rings (SSSR count). The van der Waals surface area contributed by atoms with Gasteiger partial charge in [0.05, 0.1) is 12.8 Å². The number of hydrogen-bond acceptors (Lipinski definition) is 3. The van der Waals surface area contributed by atoms with Crippen LogP contribution in [0.1, 0.15) is 0 Å². The van der Waals surface area contributed by atoms with Crippen LogP contribution in [0.2, 0.25) is 0 Å². The molecule has 7 heteroatoms. The third-order valence-corrected chi connectivity index (χ3v) is 3.99. The molecule has 1 aromatic carbocycles. The summed E-state index contributed by atoms with van der Waals surface area (Å²) in [4.78, 5) is 0. The topological polar surface area (TPSA) is 58.6 Å². The van der Waals surface area contributed by atoms with E-state index < -0.39 is 10.2 Å². The Balaban J connectivity index is 2.99. The maximum Gasteiger partial charge on any atom is 0.301 e. The molecule has 0 aromatic heterocycles. The number of anilines is 1. The van der Waals surface area contributed by atoms with Crippen molar-refractivity contribution in [3.8, 4) is 5.75 Å². The normalized spacial score (nSPS) is 11.6. The van der Waals surface area contributed by atoms with Crippen LogP contribution >= 0.6 is 15.9 Å². The molecule has 0 radical (unpaired) electrons. The Hall–Kier alpha value is -0.790. The summed E-state index contributed by atoms with van der Waals surface area (Å²) in [6.07, 6.45) is 0. The summed E-state index contributed by atoms with van der Waals surface area (Å²) >= 11 is 3.26. The van der Waals surface area contributed by atoms with Crippen LogP contribution in [0.25, 0.3) is 0 Å². The van der Waals surface area contributed by atoms with Crippen molar-refractivity contribution in [3.05, 3.63) is 22.7 Å². The minimum atomic E-state index is -3.48. The van der Waals surface area contributed by atoms with Crippen LogP contribution in [0.4, 0.5) is 5.69 Å². The highest BCUT2D eigenvalue weighted by Crippen LogP contribution is 2.27. The number of halogens is 1. The molecule has 1 N–H and O–H groups in total. The summed E-state index contributed by atoms with van der Waals surface area (Å²) in [5, 5.41) is 0. The highest BCUT2D eigenvalue weighted by atomic mass is 79.9. The van der Waals surface area contributed by atoms with Crippen molar-refractivity contribution in [2.75, 3.05) is 25.9 Å². The third-order valence-electron chi connectivity index (χ3n) is 1.90. The first-order valence-electron chi connectivity index (χ1n) is 4.40. The first-order valence-corrected chi connectivity index (χ1v) is 6.64. The number of nitrogens with one attached hydrogen (secondary N) is 1. The van der Waals surface area contributed by atoms with Gasteiger partial charge in [-0.3, -0.25) is 4.72 Å². The molecule has 0 aliphatic carbocycles. The van der Waals surface area contributed by atoms with Gasteiger partial charge < -0.3 is 4.74 Å². The number of ether oxygens (including phenoxy) is 1. The zero-order chi connectivity index (χ0) is 12.3. The van der Waals surface area contributed by atoms with Gasteiger partial charge in [-0.2, -0.15) is 12.7 Å². The van der Waals surface area contributed by atoms with Crippen molar-refractivity contribution in [1.29, 1.82) is 0 Å². The van der Waals surface area contributed by atoms with E-state index in [2.05, 4.69) is 20.7 Å². The predicted molar refractivity (Wildman–Crippen MR) is 66.9 cm³/mol. The van der Waals surface area contributed by atoms with Crippen molar-refractivity contribution in [3.63, 3.8) is 0 Å². The monoisotopic (exact) mass is 308 g/mol. The molecule has 0 heterocycles. The fourth-order valence-electron chi connectivity index (χ4n) is 0.936. The maximum atomic E-state index is 11.6. The summed E-state index contributed by atoms with van der Waals surface area (Å²) < 4.78 is 32.3. The molecule has 0 fully saturated rings. The Kier molecular flexibility index (Phi) is 4.17. The van der Waals surface area contributed by atoms with E-state index in [1.165, 1.54) is 14.1 Å². The SMILES string of the molecule is COc1ccc(NS(=O)(=O)N(C)C)c(Br)c1. The lowest BCUT2D eigenvalue weighted by Crippen LogP contribution is -2.29. The molecule has 0 saturated carbocycles. The van der Waals surface area contributed by atoms with E-state index in [9.17, 15) is 8.42 Å². The van der Waals surface area contributed by atoms with Gasteiger partial charge in [-0.05, 0) is 34.1 Å². The second kappa shape index (κ2) is 5.03. The standard InChI is InChI=1S/C9H13BrN2O3S/c1-12(2)16(13,14)11-9-5-4-7(15-3)6-8(9)10/h4-6,11H,1-3H3. The van der Waals surface area contributed by atoms with Crippen LogP contribution < -0.4 is 9.46 Å². The van der Waals surface area contributed by atoms with Gasteiger partial charge >= 0.3 is 10.2 Å². The molecule has 16 heavy (non-hydrogen) atoms. The van der Waals surface area contributed by atoms with Gasteiger partial charge in [0, 0.05) is 18.6 Å². The molecule has 90 valence electrons. The highest BCUT2D eigenvalue weighted by Gasteiger charge is 2.14. The van der Waals surface area contributed by atoms with Crippen molar-refractivity contribution >= 4 is 31.8 Å². The van der Waals surface area contributed by atoms with Gasteiger partial charge in [-0.15, -0.1) is 0 Å². The van der Waals surface area contributed by atoms with Crippen LogP contribution in [0.15, 0.2) is 22.7 Å². The van der Waals surface area contributed by atoms with E-state index in [0.717, 1.165) is 4.31 Å². The van der Waals surface area contributed by atoms with E-state index in [4.69, 9.17) is 4.74 Å². The van der Waals surface area contributed by atoms with Crippen LogP contribution in [-0.2, 0) is 10.2 Å². The number of hydrogen-bond donors (Lipinski definition) is 1. The Morgan fingerprint density at radius 2 is 2.00 bits per heavy atom. The van der Waals surface area contributed by atoms with E-state index in [1.54, 1.807) is 25.3 Å². The molecular weight excluding hydrogens is 296 g/mol. The van der Waals surface area contributed by atoms with Gasteiger partial charge in [0.15, 0.2) is 0 Å². The Morgan fingerprint density at radius 3 is 2.44 bits per heavy atom. The van der Waals surface area contributed by atoms with Crippen LogP contribution in [0, 0.1) is 0 Å². The summed E-state index contributed by atoms with van der Waals surface area (Å²) in [5.74, 6) is 0.652. The minimum absolute atomic E-state index is 0.467. The van der Waals surface area contributed by atoms with Gasteiger partial charge in [-0.1, -0.05) is 0 Å². The van der Waals surface area contributed by atoms with Crippen LogP contribution in [0.3, 0.4) is 0 Å². The molecule has 0 atom stereocenters. The molecule has 0 aliphatic rings. The molecule has 0 unspecified atom stereocenters. The molecule has 0 spiro atoms. The zero-order valence-electron chi connectivity index (χ0n) is 9.19. The average Bonchev–Trinajstić information content (AvgIpc) is 2.20. The van der Waals surface area contributed by atoms with Crippen molar-refractivity contribution in [1.82, 2.24) is 4.31 Å². The molecule has 0 saturated heterocycles. The minimum Gasteiger partial charge on any atom is -0.497 e. The average molecular weight is 309 g/mol. The lowest BCUT2D eigenvalue weighted by molar-refractivity contribution is 0.414. The van der Waals surface area contributed by atoms with Crippen molar-refractivity contribution < 1.29 is 13.2 Å². The van der Waals surface area contributed by atoms with Gasteiger partial charge in [0.1, 0.15) is 5.75 Å². The second-order valence-corrected chi connectivity index (χ2v) is 5.97. The number of rotatable bonds is 4. The van der Waals surface area contributed by atoms with E-state index >= 15 is 0 Å². The van der Waals surface area contributed by atoms with E-state index in [0.29, 0.717) is 15.9 Å². The molecule has 0 bridgehead atoms. The van der Waals surface area contributed by atoms with Crippen molar-refractivity contribution in [2.24, 2.45) is 0 Å². The smallest absolute Gasteiger partial charge is 0.301 e. The van der Waals surface area contributed by atoms with Crippen LogP contribution in [-0.4, -0.2) is 33.9 Å². The number of methoxy groups -OCH3 is 1. The second-order valence-electron chi connectivity index (χ2n) is 3.24. The lowest BCUT2D eigenvalue weighted by atomic mass is 10.3. The van der Waals surface area contributed by atoms with Crippen molar-refractivity contribution in [2.45, 2.75) is 0 Å². The first kappa shape index (κ1) is 13.3. The predicted octanol–water partition coefficient (Wildman–Crippen LogP) is 1.68. The number of benzene rings is 1. The molecule has 1 aromatic rings. The lowest BCUT2D eigenvalue weighted by Gasteiger charge is -2.14.